The highest BCUT2D eigenvalue weighted by Crippen LogP contribution is 2.31. The van der Waals surface area contributed by atoms with E-state index in [1.165, 1.54) is 12.4 Å². The Labute approximate surface area is 138 Å². The second kappa shape index (κ2) is 5.83. The summed E-state index contributed by atoms with van der Waals surface area (Å²) in [6.07, 6.45) is 1.35. The first-order valence-corrected chi connectivity index (χ1v) is 7.83. The van der Waals surface area contributed by atoms with Crippen molar-refractivity contribution in [3.63, 3.8) is 0 Å². The van der Waals surface area contributed by atoms with E-state index in [1.54, 1.807) is 13.0 Å². The van der Waals surface area contributed by atoms with E-state index in [1.807, 2.05) is 13.0 Å². The second-order valence-corrected chi connectivity index (χ2v) is 5.96. The predicted molar refractivity (Wildman–Crippen MR) is 86.4 cm³/mol. The van der Waals surface area contributed by atoms with Crippen LogP contribution in [0.25, 0.3) is 11.1 Å². The Bertz CT molecular complexity index is 895. The molecule has 24 heavy (non-hydrogen) atoms. The Morgan fingerprint density at radius 3 is 2.96 bits per heavy atom. The molecule has 1 aliphatic heterocycles. The smallest absolute Gasteiger partial charge is 0.263 e. The fourth-order valence-corrected chi connectivity index (χ4v) is 3.06. The van der Waals surface area contributed by atoms with E-state index >= 15 is 0 Å². The number of hydrogen-bond donors (Lipinski definition) is 0. The molecule has 1 fully saturated rings. The molecule has 2 aromatic heterocycles. The molecule has 124 valence electrons. The molecule has 0 amide bonds. The van der Waals surface area contributed by atoms with Gasteiger partial charge in [0, 0.05) is 13.1 Å². The topological polar surface area (TPSA) is 64.3 Å². The van der Waals surface area contributed by atoms with E-state index < -0.39 is 0 Å². The summed E-state index contributed by atoms with van der Waals surface area (Å²) in [5.74, 6) is 0.593. The van der Waals surface area contributed by atoms with Crippen molar-refractivity contribution >= 4 is 16.9 Å². The van der Waals surface area contributed by atoms with Crippen LogP contribution in [0.5, 0.6) is 0 Å². The Hall–Kier alpha value is -2.54. The fourth-order valence-electron chi connectivity index (χ4n) is 3.06. The monoisotopic (exact) mass is 328 g/mol. The molecule has 0 bridgehead atoms. The summed E-state index contributed by atoms with van der Waals surface area (Å²) in [6.45, 7) is 5.54. The van der Waals surface area contributed by atoms with Gasteiger partial charge in [0.25, 0.3) is 5.71 Å². The molecule has 1 saturated heterocycles. The average Bonchev–Trinajstić information content (AvgIpc) is 2.99. The van der Waals surface area contributed by atoms with Crippen LogP contribution in [0, 0.1) is 19.7 Å². The van der Waals surface area contributed by atoms with Crippen LogP contribution in [0.4, 0.5) is 10.2 Å². The van der Waals surface area contributed by atoms with Gasteiger partial charge >= 0.3 is 0 Å². The average molecular weight is 328 g/mol. The first kappa shape index (κ1) is 15.0. The number of morpholine rings is 1. The molecular formula is C17H17FN4O2. The van der Waals surface area contributed by atoms with Gasteiger partial charge in [-0.3, -0.25) is 0 Å². The predicted octanol–water partition coefficient (Wildman–Crippen LogP) is 2.95. The minimum atomic E-state index is -0.205. The van der Waals surface area contributed by atoms with E-state index in [9.17, 15) is 4.39 Å². The Balaban J connectivity index is 1.67. The van der Waals surface area contributed by atoms with Gasteiger partial charge in [-0.1, -0.05) is 17.3 Å². The third-order valence-electron chi connectivity index (χ3n) is 4.34. The van der Waals surface area contributed by atoms with Gasteiger partial charge in [0.05, 0.1) is 12.3 Å². The number of anilines is 1. The molecule has 0 saturated carbocycles. The van der Waals surface area contributed by atoms with Gasteiger partial charge in [0.2, 0.25) is 0 Å². The highest BCUT2D eigenvalue weighted by Gasteiger charge is 2.26. The lowest BCUT2D eigenvalue weighted by molar-refractivity contribution is 0.0395. The number of fused-ring (bicyclic) bond motifs is 1. The molecule has 3 aromatic rings. The van der Waals surface area contributed by atoms with Crippen molar-refractivity contribution in [2.45, 2.75) is 20.0 Å². The number of benzene rings is 1. The van der Waals surface area contributed by atoms with Crippen molar-refractivity contribution in [2.75, 3.05) is 24.6 Å². The van der Waals surface area contributed by atoms with Crippen LogP contribution >= 0.6 is 0 Å². The van der Waals surface area contributed by atoms with Crippen LogP contribution in [-0.4, -0.2) is 34.8 Å². The van der Waals surface area contributed by atoms with Gasteiger partial charge < -0.3 is 14.2 Å². The van der Waals surface area contributed by atoms with Gasteiger partial charge in [-0.2, -0.15) is 4.98 Å². The highest BCUT2D eigenvalue weighted by atomic mass is 19.1. The SMILES string of the molecule is Cc1cc(C2CN(c3ncnc4onc(C)c34)CCO2)ccc1F. The van der Waals surface area contributed by atoms with Crippen LogP contribution in [0.15, 0.2) is 29.0 Å². The van der Waals surface area contributed by atoms with Gasteiger partial charge in [-0.25, -0.2) is 9.37 Å². The first-order chi connectivity index (χ1) is 11.6. The summed E-state index contributed by atoms with van der Waals surface area (Å²) >= 11 is 0. The molecule has 0 radical (unpaired) electrons. The summed E-state index contributed by atoms with van der Waals surface area (Å²) in [7, 11) is 0. The van der Waals surface area contributed by atoms with Crippen molar-refractivity contribution in [1.29, 1.82) is 0 Å². The van der Waals surface area contributed by atoms with E-state index in [4.69, 9.17) is 9.26 Å². The third-order valence-corrected chi connectivity index (χ3v) is 4.34. The standard InChI is InChI=1S/C17H17FN4O2/c1-10-7-12(3-4-13(10)18)14-8-22(5-6-23-14)16-15-11(2)21-24-17(15)20-9-19-16/h3-4,7,9,14H,5-6,8H2,1-2H3. The Kier molecular flexibility index (Phi) is 3.65. The molecule has 0 spiro atoms. The molecule has 1 aliphatic rings. The van der Waals surface area contributed by atoms with Crippen LogP contribution in [-0.2, 0) is 4.74 Å². The summed E-state index contributed by atoms with van der Waals surface area (Å²) in [5.41, 5.74) is 2.83. The number of ether oxygens (including phenoxy) is 1. The fraction of sp³-hybridized carbons (Fsp3) is 0.353. The zero-order valence-electron chi connectivity index (χ0n) is 13.5. The van der Waals surface area contributed by atoms with Gasteiger partial charge in [0.1, 0.15) is 29.5 Å². The van der Waals surface area contributed by atoms with Crippen molar-refractivity contribution in [3.05, 3.63) is 47.2 Å². The third kappa shape index (κ3) is 2.50. The summed E-state index contributed by atoms with van der Waals surface area (Å²) in [4.78, 5) is 10.7. The maximum absolute atomic E-state index is 13.5. The zero-order valence-corrected chi connectivity index (χ0v) is 13.5. The van der Waals surface area contributed by atoms with Crippen molar-refractivity contribution < 1.29 is 13.7 Å². The van der Waals surface area contributed by atoms with Crippen molar-refractivity contribution in [1.82, 2.24) is 15.1 Å². The number of aromatic nitrogens is 3. The number of aryl methyl sites for hydroxylation is 2. The maximum atomic E-state index is 13.5. The lowest BCUT2D eigenvalue weighted by Crippen LogP contribution is -2.39. The van der Waals surface area contributed by atoms with Gasteiger partial charge in [0.15, 0.2) is 0 Å². The number of hydrogen-bond acceptors (Lipinski definition) is 6. The van der Waals surface area contributed by atoms with Crippen molar-refractivity contribution in [3.8, 4) is 0 Å². The van der Waals surface area contributed by atoms with E-state index in [2.05, 4.69) is 20.0 Å². The summed E-state index contributed by atoms with van der Waals surface area (Å²) < 4.78 is 24.6. The molecular weight excluding hydrogens is 311 g/mol. The number of halogens is 1. The second-order valence-electron chi connectivity index (χ2n) is 5.96. The van der Waals surface area contributed by atoms with Crippen molar-refractivity contribution in [2.24, 2.45) is 0 Å². The van der Waals surface area contributed by atoms with E-state index in [-0.39, 0.29) is 11.9 Å². The lowest BCUT2D eigenvalue weighted by atomic mass is 10.0. The number of nitrogens with zero attached hydrogens (tertiary/aromatic N) is 4. The van der Waals surface area contributed by atoms with Gasteiger partial charge in [-0.15, -0.1) is 0 Å². The molecule has 6 nitrogen and oxygen atoms in total. The largest absolute Gasteiger partial charge is 0.370 e. The quantitative estimate of drug-likeness (QED) is 0.721. The van der Waals surface area contributed by atoms with Crippen LogP contribution in [0.1, 0.15) is 22.9 Å². The Morgan fingerprint density at radius 2 is 2.12 bits per heavy atom. The summed E-state index contributed by atoms with van der Waals surface area (Å²) in [5, 5.41) is 4.80. The van der Waals surface area contributed by atoms with Crippen LogP contribution < -0.4 is 4.90 Å². The molecule has 0 N–H and O–H groups in total. The molecule has 7 heteroatoms. The highest BCUT2D eigenvalue weighted by molar-refractivity contribution is 5.87. The molecule has 3 heterocycles. The summed E-state index contributed by atoms with van der Waals surface area (Å²) in [6, 6.07) is 5.10. The lowest BCUT2D eigenvalue weighted by Gasteiger charge is -2.34. The molecule has 1 atom stereocenters. The number of rotatable bonds is 2. The molecule has 0 aliphatic carbocycles. The Morgan fingerprint density at radius 1 is 1.25 bits per heavy atom. The van der Waals surface area contributed by atoms with Gasteiger partial charge in [-0.05, 0) is 31.0 Å². The molecule has 1 aromatic carbocycles. The zero-order chi connectivity index (χ0) is 16.7. The van der Waals surface area contributed by atoms with E-state index in [0.29, 0.717) is 31.0 Å². The first-order valence-electron chi connectivity index (χ1n) is 7.83. The van der Waals surface area contributed by atoms with E-state index in [0.717, 1.165) is 22.5 Å². The normalized spacial score (nSPS) is 18.3. The molecule has 1 unspecified atom stereocenters. The van der Waals surface area contributed by atoms with Crippen LogP contribution in [0.2, 0.25) is 0 Å². The molecule has 4 rings (SSSR count). The van der Waals surface area contributed by atoms with Crippen LogP contribution in [0.3, 0.4) is 0 Å². The minimum absolute atomic E-state index is 0.136. The minimum Gasteiger partial charge on any atom is -0.370 e. The maximum Gasteiger partial charge on any atom is 0.263 e.